The first-order chi connectivity index (χ1) is 12.2. The molecular formula is C19H25N5O. The molecule has 0 bridgehead atoms. The number of nitrogens with one attached hydrogen (secondary N) is 2. The minimum atomic E-state index is -0.106. The van der Waals surface area contributed by atoms with Crippen LogP contribution in [-0.2, 0) is 13.0 Å². The molecule has 25 heavy (non-hydrogen) atoms. The summed E-state index contributed by atoms with van der Waals surface area (Å²) in [5.41, 5.74) is 4.04. The molecule has 0 radical (unpaired) electrons. The molecule has 0 aliphatic carbocycles. The van der Waals surface area contributed by atoms with E-state index in [2.05, 4.69) is 50.3 Å². The second-order valence-electron chi connectivity index (χ2n) is 7.04. The molecule has 2 N–H and O–H groups in total. The van der Waals surface area contributed by atoms with Crippen LogP contribution in [0.15, 0.2) is 35.4 Å². The molecule has 1 saturated heterocycles. The highest BCUT2D eigenvalue weighted by Crippen LogP contribution is 2.27. The van der Waals surface area contributed by atoms with Gasteiger partial charge in [0.15, 0.2) is 5.82 Å². The third kappa shape index (κ3) is 3.39. The first-order valence-corrected chi connectivity index (χ1v) is 9.05. The van der Waals surface area contributed by atoms with Crippen molar-refractivity contribution in [1.29, 1.82) is 0 Å². The van der Waals surface area contributed by atoms with Gasteiger partial charge >= 0.3 is 0 Å². The van der Waals surface area contributed by atoms with Crippen molar-refractivity contribution >= 4 is 11.5 Å². The van der Waals surface area contributed by atoms with Crippen molar-refractivity contribution in [2.75, 3.05) is 36.5 Å². The van der Waals surface area contributed by atoms with Gasteiger partial charge in [-0.15, -0.1) is 0 Å². The molecular weight excluding hydrogens is 314 g/mol. The summed E-state index contributed by atoms with van der Waals surface area (Å²) in [6.45, 7) is 3.70. The van der Waals surface area contributed by atoms with E-state index in [4.69, 9.17) is 0 Å². The Hall–Kier alpha value is -2.34. The van der Waals surface area contributed by atoms with Crippen molar-refractivity contribution in [2.45, 2.75) is 31.8 Å². The van der Waals surface area contributed by atoms with E-state index in [-0.39, 0.29) is 5.56 Å². The zero-order chi connectivity index (χ0) is 17.2. The van der Waals surface area contributed by atoms with Crippen LogP contribution in [0.25, 0.3) is 0 Å². The third-order valence-electron chi connectivity index (χ3n) is 5.28. The monoisotopic (exact) mass is 339 g/mol. The Balaban J connectivity index is 1.38. The molecule has 2 aliphatic heterocycles. The first kappa shape index (κ1) is 16.1. The van der Waals surface area contributed by atoms with Crippen LogP contribution in [0, 0.1) is 0 Å². The number of piperidine rings is 1. The molecule has 132 valence electrons. The Morgan fingerprint density at radius 3 is 3.16 bits per heavy atom. The highest BCUT2D eigenvalue weighted by molar-refractivity contribution is 5.58. The van der Waals surface area contributed by atoms with E-state index in [0.29, 0.717) is 11.9 Å². The van der Waals surface area contributed by atoms with Gasteiger partial charge in [-0.1, -0.05) is 12.1 Å². The van der Waals surface area contributed by atoms with E-state index < -0.39 is 0 Å². The Bertz CT molecular complexity index is 802. The van der Waals surface area contributed by atoms with Crippen molar-refractivity contribution in [1.82, 2.24) is 15.3 Å². The lowest BCUT2D eigenvalue weighted by molar-refractivity contribution is 0.419. The molecule has 2 aromatic rings. The van der Waals surface area contributed by atoms with Crippen LogP contribution in [0.2, 0.25) is 0 Å². The van der Waals surface area contributed by atoms with E-state index in [1.807, 2.05) is 0 Å². The topological polar surface area (TPSA) is 64.3 Å². The molecule has 3 heterocycles. The fourth-order valence-electron chi connectivity index (χ4n) is 3.90. The molecule has 0 saturated carbocycles. The standard InChI is InChI=1S/C19H25N5O/c1-23-10-6-15-11-14(4-5-17(15)23)12-22-16-3-2-9-24(13-16)18-19(25)21-8-7-20-18/h4-5,7-8,11,16,22H,2-3,6,9-10,12-13H2,1H3,(H,21,25)/t16-/m1/s1. The van der Waals surface area contributed by atoms with Crippen molar-refractivity contribution in [3.05, 3.63) is 52.1 Å². The first-order valence-electron chi connectivity index (χ1n) is 9.05. The fourth-order valence-corrected chi connectivity index (χ4v) is 3.90. The van der Waals surface area contributed by atoms with E-state index in [9.17, 15) is 4.79 Å². The maximum absolute atomic E-state index is 12.0. The summed E-state index contributed by atoms with van der Waals surface area (Å²) in [6, 6.07) is 7.17. The minimum Gasteiger partial charge on any atom is -0.374 e. The molecule has 1 aromatic heterocycles. The Labute approximate surface area is 147 Å². The number of fused-ring (bicyclic) bond motifs is 1. The average Bonchev–Trinajstić information content (AvgIpc) is 3.01. The number of nitrogens with zero attached hydrogens (tertiary/aromatic N) is 3. The number of hydrogen-bond acceptors (Lipinski definition) is 5. The van der Waals surface area contributed by atoms with Crippen molar-refractivity contribution in [2.24, 2.45) is 0 Å². The summed E-state index contributed by atoms with van der Waals surface area (Å²) in [4.78, 5) is 23.3. The molecule has 1 fully saturated rings. The fraction of sp³-hybridized carbons (Fsp3) is 0.474. The van der Waals surface area contributed by atoms with E-state index in [1.54, 1.807) is 12.4 Å². The minimum absolute atomic E-state index is 0.106. The van der Waals surface area contributed by atoms with E-state index in [0.717, 1.165) is 45.4 Å². The van der Waals surface area contributed by atoms with Crippen molar-refractivity contribution in [3.8, 4) is 0 Å². The molecule has 1 atom stereocenters. The van der Waals surface area contributed by atoms with E-state index >= 15 is 0 Å². The number of anilines is 2. The molecule has 2 aliphatic rings. The molecule has 0 spiro atoms. The average molecular weight is 339 g/mol. The van der Waals surface area contributed by atoms with Gasteiger partial charge in [0.1, 0.15) is 0 Å². The largest absolute Gasteiger partial charge is 0.374 e. The summed E-state index contributed by atoms with van der Waals surface area (Å²) in [7, 11) is 2.15. The summed E-state index contributed by atoms with van der Waals surface area (Å²) < 4.78 is 0. The predicted octanol–water partition coefficient (Wildman–Crippen LogP) is 1.52. The zero-order valence-electron chi connectivity index (χ0n) is 14.7. The smallest absolute Gasteiger partial charge is 0.290 e. The third-order valence-corrected chi connectivity index (χ3v) is 5.28. The van der Waals surface area contributed by atoms with Gasteiger partial charge in [0.05, 0.1) is 0 Å². The molecule has 6 nitrogen and oxygen atoms in total. The SMILES string of the molecule is CN1CCc2cc(CN[C@@H]3CCCN(c4ncc[nH]c4=O)C3)ccc21. The lowest BCUT2D eigenvalue weighted by Gasteiger charge is -2.33. The molecule has 6 heteroatoms. The second kappa shape index (κ2) is 6.88. The zero-order valence-corrected chi connectivity index (χ0v) is 14.7. The van der Waals surface area contributed by atoms with Gasteiger partial charge in [-0.05, 0) is 36.5 Å². The van der Waals surface area contributed by atoms with Crippen molar-refractivity contribution in [3.63, 3.8) is 0 Å². The lowest BCUT2D eigenvalue weighted by Crippen LogP contribution is -2.47. The maximum Gasteiger partial charge on any atom is 0.290 e. The van der Waals surface area contributed by atoms with Crippen LogP contribution in [0.1, 0.15) is 24.0 Å². The summed E-state index contributed by atoms with van der Waals surface area (Å²) >= 11 is 0. The van der Waals surface area contributed by atoms with Gasteiger partial charge in [0.25, 0.3) is 5.56 Å². The Morgan fingerprint density at radius 1 is 1.36 bits per heavy atom. The van der Waals surface area contributed by atoms with Crippen molar-refractivity contribution < 1.29 is 0 Å². The van der Waals surface area contributed by atoms with Crippen LogP contribution < -0.4 is 20.7 Å². The molecule has 0 unspecified atom stereocenters. The van der Waals surface area contributed by atoms with Gasteiger partial charge in [-0.25, -0.2) is 4.98 Å². The number of benzene rings is 1. The van der Waals surface area contributed by atoms with Crippen LogP contribution in [-0.4, -0.2) is 42.7 Å². The second-order valence-corrected chi connectivity index (χ2v) is 7.04. The quantitative estimate of drug-likeness (QED) is 0.884. The molecule has 1 aromatic carbocycles. The van der Waals surface area contributed by atoms with Crippen LogP contribution >= 0.6 is 0 Å². The summed E-state index contributed by atoms with van der Waals surface area (Å²) in [5, 5.41) is 3.66. The predicted molar refractivity (Wildman–Crippen MR) is 100 cm³/mol. The van der Waals surface area contributed by atoms with Crippen LogP contribution in [0.3, 0.4) is 0 Å². The summed E-state index contributed by atoms with van der Waals surface area (Å²) in [5.74, 6) is 0.537. The number of H-pyrrole nitrogens is 1. The van der Waals surface area contributed by atoms with Crippen LogP contribution in [0.5, 0.6) is 0 Å². The van der Waals surface area contributed by atoms with E-state index in [1.165, 1.54) is 16.8 Å². The molecule has 0 amide bonds. The lowest BCUT2D eigenvalue weighted by atomic mass is 10.0. The Kier molecular flexibility index (Phi) is 4.44. The van der Waals surface area contributed by atoms with Gasteiger partial charge in [0, 0.05) is 57.3 Å². The highest BCUT2D eigenvalue weighted by atomic mass is 16.1. The number of hydrogen-bond donors (Lipinski definition) is 2. The number of aromatic amines is 1. The number of likely N-dealkylation sites (N-methyl/N-ethyl adjacent to an activating group) is 1. The normalized spacial score (nSPS) is 20.0. The van der Waals surface area contributed by atoms with Gasteiger partial charge in [-0.2, -0.15) is 0 Å². The number of aromatic nitrogens is 2. The number of rotatable bonds is 4. The van der Waals surface area contributed by atoms with Crippen LogP contribution in [0.4, 0.5) is 11.5 Å². The Morgan fingerprint density at radius 2 is 2.28 bits per heavy atom. The van der Waals surface area contributed by atoms with Gasteiger partial charge in [-0.3, -0.25) is 4.79 Å². The van der Waals surface area contributed by atoms with Gasteiger partial charge < -0.3 is 20.1 Å². The highest BCUT2D eigenvalue weighted by Gasteiger charge is 2.22. The van der Waals surface area contributed by atoms with Gasteiger partial charge in [0.2, 0.25) is 0 Å². The summed E-state index contributed by atoms with van der Waals surface area (Å²) in [6.07, 6.45) is 6.57. The molecule has 4 rings (SSSR count). The maximum atomic E-state index is 12.0.